The molecule has 0 heterocycles. The van der Waals surface area contributed by atoms with E-state index in [0.717, 1.165) is 24.2 Å². The fraction of sp³-hybridized carbons (Fsp3) is 0.941. The van der Waals surface area contributed by atoms with E-state index < -0.39 is 0 Å². The van der Waals surface area contributed by atoms with Crippen molar-refractivity contribution in [1.82, 2.24) is 0 Å². The van der Waals surface area contributed by atoms with Crippen molar-refractivity contribution in [3.05, 3.63) is 0 Å². The van der Waals surface area contributed by atoms with Crippen LogP contribution in [0, 0.1) is 28.6 Å². The van der Waals surface area contributed by atoms with Gasteiger partial charge in [-0.3, -0.25) is 4.79 Å². The van der Waals surface area contributed by atoms with Gasteiger partial charge in [0.1, 0.15) is 5.60 Å². The first kappa shape index (κ1) is 13.5. The van der Waals surface area contributed by atoms with Gasteiger partial charge in [0.05, 0.1) is 0 Å². The molecule has 0 saturated heterocycles. The Hall–Kier alpha value is -0.530. The molecule has 0 aromatic rings. The number of fused-ring (bicyclic) bond motifs is 1. The van der Waals surface area contributed by atoms with Crippen LogP contribution in [-0.4, -0.2) is 11.6 Å². The predicted molar refractivity (Wildman–Crippen MR) is 75.6 cm³/mol. The summed E-state index contributed by atoms with van der Waals surface area (Å²) in [7, 11) is 0. The molecule has 0 aliphatic heterocycles. The van der Waals surface area contributed by atoms with Crippen LogP contribution >= 0.6 is 0 Å². The molecule has 3 aliphatic rings. The normalized spacial score (nSPS) is 50.9. The van der Waals surface area contributed by atoms with E-state index >= 15 is 0 Å². The molecule has 3 fully saturated rings. The van der Waals surface area contributed by atoms with Gasteiger partial charge >= 0.3 is 5.97 Å². The Bertz CT molecular complexity index is 413. The van der Waals surface area contributed by atoms with Crippen molar-refractivity contribution in [2.45, 2.75) is 72.3 Å². The van der Waals surface area contributed by atoms with Crippen molar-refractivity contribution < 1.29 is 9.53 Å². The van der Waals surface area contributed by atoms with Crippen LogP contribution in [0.4, 0.5) is 0 Å². The van der Waals surface area contributed by atoms with Gasteiger partial charge in [0.15, 0.2) is 0 Å². The van der Waals surface area contributed by atoms with Crippen LogP contribution in [0.2, 0.25) is 0 Å². The molecule has 108 valence electrons. The van der Waals surface area contributed by atoms with Gasteiger partial charge in [0.2, 0.25) is 0 Å². The first-order chi connectivity index (χ1) is 8.73. The summed E-state index contributed by atoms with van der Waals surface area (Å²) in [6.45, 7) is 11.1. The van der Waals surface area contributed by atoms with Gasteiger partial charge in [-0.2, -0.15) is 0 Å². The van der Waals surface area contributed by atoms with Crippen molar-refractivity contribution in [2.24, 2.45) is 28.6 Å². The molecule has 0 N–H and O–H groups in total. The quantitative estimate of drug-likeness (QED) is 0.664. The van der Waals surface area contributed by atoms with Gasteiger partial charge in [-0.05, 0) is 62.2 Å². The summed E-state index contributed by atoms with van der Waals surface area (Å²) in [5.41, 5.74) is 0.461. The van der Waals surface area contributed by atoms with Crippen LogP contribution in [0.15, 0.2) is 0 Å². The van der Waals surface area contributed by atoms with Gasteiger partial charge in [0, 0.05) is 12.3 Å². The topological polar surface area (TPSA) is 26.3 Å². The molecule has 2 nitrogen and oxygen atoms in total. The second kappa shape index (κ2) is 3.77. The fourth-order valence-corrected chi connectivity index (χ4v) is 6.30. The van der Waals surface area contributed by atoms with E-state index in [-0.39, 0.29) is 17.0 Å². The third-order valence-corrected chi connectivity index (χ3v) is 7.17. The minimum absolute atomic E-state index is 0.0996. The maximum Gasteiger partial charge on any atom is 0.303 e. The molecule has 3 aliphatic carbocycles. The Labute approximate surface area is 117 Å². The van der Waals surface area contributed by atoms with Crippen LogP contribution < -0.4 is 0 Å². The highest BCUT2D eigenvalue weighted by Gasteiger charge is 2.70. The molecular formula is C17H28O2. The highest BCUT2D eigenvalue weighted by Crippen LogP contribution is 2.74. The molecule has 2 heteroatoms. The molecule has 19 heavy (non-hydrogen) atoms. The van der Waals surface area contributed by atoms with E-state index in [0.29, 0.717) is 5.41 Å². The fourth-order valence-electron chi connectivity index (χ4n) is 6.30. The zero-order chi connectivity index (χ0) is 14.1. The lowest BCUT2D eigenvalue weighted by Gasteiger charge is -2.46. The molecule has 0 radical (unpaired) electrons. The SMILES string of the molecule is CC(=O)O[C@]1(C)CC[C@H]2C(C)(C)[C@@H]3C[C@@]21CC[C@H]3C. The van der Waals surface area contributed by atoms with E-state index in [2.05, 4.69) is 27.7 Å². The first-order valence-corrected chi connectivity index (χ1v) is 7.92. The van der Waals surface area contributed by atoms with E-state index in [1.165, 1.54) is 25.7 Å². The minimum atomic E-state index is -0.213. The second-order valence-corrected chi connectivity index (χ2v) is 8.22. The minimum Gasteiger partial charge on any atom is -0.459 e. The molecule has 0 aromatic carbocycles. The molecule has 1 spiro atoms. The second-order valence-electron chi connectivity index (χ2n) is 8.22. The van der Waals surface area contributed by atoms with Crippen molar-refractivity contribution >= 4 is 5.97 Å². The van der Waals surface area contributed by atoms with Crippen molar-refractivity contribution in [2.75, 3.05) is 0 Å². The van der Waals surface area contributed by atoms with Crippen LogP contribution in [-0.2, 0) is 9.53 Å². The van der Waals surface area contributed by atoms with Gasteiger partial charge in [-0.15, -0.1) is 0 Å². The van der Waals surface area contributed by atoms with Gasteiger partial charge in [-0.1, -0.05) is 20.8 Å². The van der Waals surface area contributed by atoms with Crippen molar-refractivity contribution in [1.29, 1.82) is 0 Å². The molecule has 5 atom stereocenters. The molecular weight excluding hydrogens is 236 g/mol. The van der Waals surface area contributed by atoms with Gasteiger partial charge in [-0.25, -0.2) is 0 Å². The zero-order valence-corrected chi connectivity index (χ0v) is 13.1. The standard InChI is InChI=1S/C17H28O2/c1-11-6-9-17-10-13(11)15(3,4)14(17)7-8-16(17,5)19-12(2)18/h11,13-14H,6-10H2,1-5H3/t11-,13-,14+,16-,17+/m1/s1. The summed E-state index contributed by atoms with van der Waals surface area (Å²) in [6, 6.07) is 0. The maximum atomic E-state index is 11.6. The lowest BCUT2D eigenvalue weighted by atomic mass is 9.63. The molecule has 3 saturated carbocycles. The van der Waals surface area contributed by atoms with E-state index in [9.17, 15) is 4.79 Å². The van der Waals surface area contributed by atoms with Crippen LogP contribution in [0.1, 0.15) is 66.7 Å². The van der Waals surface area contributed by atoms with Crippen LogP contribution in [0.5, 0.6) is 0 Å². The summed E-state index contributed by atoms with van der Waals surface area (Å²) >= 11 is 0. The predicted octanol–water partition coefficient (Wildman–Crippen LogP) is 4.18. The van der Waals surface area contributed by atoms with E-state index in [1.807, 2.05) is 0 Å². The molecule has 2 bridgehead atoms. The van der Waals surface area contributed by atoms with Crippen molar-refractivity contribution in [3.63, 3.8) is 0 Å². The highest BCUT2D eigenvalue weighted by atomic mass is 16.6. The molecule has 3 rings (SSSR count). The third kappa shape index (κ3) is 1.52. The summed E-state index contributed by atoms with van der Waals surface area (Å²) in [5, 5.41) is 0. The van der Waals surface area contributed by atoms with Crippen molar-refractivity contribution in [3.8, 4) is 0 Å². The summed E-state index contributed by atoms with van der Waals surface area (Å²) < 4.78 is 5.88. The number of carbonyl (C=O) groups excluding carboxylic acids is 1. The number of ether oxygens (including phenoxy) is 1. The largest absolute Gasteiger partial charge is 0.459 e. The van der Waals surface area contributed by atoms with Gasteiger partial charge in [0.25, 0.3) is 0 Å². The molecule has 0 unspecified atom stereocenters. The average Bonchev–Trinajstić information content (AvgIpc) is 2.65. The van der Waals surface area contributed by atoms with Crippen LogP contribution in [0.3, 0.4) is 0 Å². The van der Waals surface area contributed by atoms with Crippen LogP contribution in [0.25, 0.3) is 0 Å². The number of esters is 1. The lowest BCUT2D eigenvalue weighted by molar-refractivity contribution is -0.172. The lowest BCUT2D eigenvalue weighted by Crippen LogP contribution is -2.47. The summed E-state index contributed by atoms with van der Waals surface area (Å²) in [6.07, 6.45) is 6.13. The average molecular weight is 264 g/mol. The zero-order valence-electron chi connectivity index (χ0n) is 13.1. The molecule has 0 aromatic heterocycles. The highest BCUT2D eigenvalue weighted by molar-refractivity contribution is 5.66. The summed E-state index contributed by atoms with van der Waals surface area (Å²) in [4.78, 5) is 11.6. The Kier molecular flexibility index (Phi) is 2.67. The first-order valence-electron chi connectivity index (χ1n) is 7.92. The Morgan fingerprint density at radius 2 is 1.84 bits per heavy atom. The Balaban J connectivity index is 2.02. The van der Waals surface area contributed by atoms with Gasteiger partial charge < -0.3 is 4.74 Å². The van der Waals surface area contributed by atoms with E-state index in [1.54, 1.807) is 6.92 Å². The monoisotopic (exact) mass is 264 g/mol. The number of hydrogen-bond donors (Lipinski definition) is 0. The molecule has 0 amide bonds. The summed E-state index contributed by atoms with van der Waals surface area (Å²) in [5.74, 6) is 2.27. The number of hydrogen-bond acceptors (Lipinski definition) is 2. The maximum absolute atomic E-state index is 11.6. The number of carbonyl (C=O) groups is 1. The third-order valence-electron chi connectivity index (χ3n) is 7.17. The van der Waals surface area contributed by atoms with E-state index in [4.69, 9.17) is 4.74 Å². The number of rotatable bonds is 1. The Morgan fingerprint density at radius 1 is 1.16 bits per heavy atom. The smallest absolute Gasteiger partial charge is 0.303 e. The Morgan fingerprint density at radius 3 is 2.47 bits per heavy atom.